The van der Waals surface area contributed by atoms with Crippen LogP contribution in [0.1, 0.15) is 18.4 Å². The fourth-order valence-electron chi connectivity index (χ4n) is 5.07. The minimum atomic E-state index is -0.632. The third-order valence-electron chi connectivity index (χ3n) is 6.91. The van der Waals surface area contributed by atoms with Gasteiger partial charge in [-0.3, -0.25) is 0 Å². The quantitative estimate of drug-likeness (QED) is 0.468. The average Bonchev–Trinajstić information content (AvgIpc) is 3.70. The molecular formula is C26H24FN3O5. The summed E-state index contributed by atoms with van der Waals surface area (Å²) in [5, 5.41) is 11.3. The molecular weight excluding hydrogens is 453 g/mol. The Labute approximate surface area is 199 Å². The number of hydrogen-bond donors (Lipinski definition) is 1. The third-order valence-corrected chi connectivity index (χ3v) is 6.91. The molecule has 4 aromatic rings. The van der Waals surface area contributed by atoms with Crippen LogP contribution in [0.2, 0.25) is 0 Å². The molecule has 1 aliphatic carbocycles. The molecule has 3 heterocycles. The van der Waals surface area contributed by atoms with Gasteiger partial charge in [-0.05, 0) is 49.3 Å². The van der Waals surface area contributed by atoms with Crippen LogP contribution in [0, 0.1) is 18.7 Å². The van der Waals surface area contributed by atoms with Gasteiger partial charge in [-0.15, -0.1) is 0 Å². The summed E-state index contributed by atoms with van der Waals surface area (Å²) in [4.78, 5) is 24.7. The maximum absolute atomic E-state index is 14.9. The maximum Gasteiger partial charge on any atom is 0.349 e. The maximum atomic E-state index is 14.9. The molecule has 2 aromatic heterocycles. The van der Waals surface area contributed by atoms with Crippen LogP contribution in [0.3, 0.4) is 0 Å². The first kappa shape index (κ1) is 21.8. The Morgan fingerprint density at radius 3 is 2.80 bits per heavy atom. The second-order valence-electron chi connectivity index (χ2n) is 9.11. The molecule has 180 valence electrons. The lowest BCUT2D eigenvalue weighted by Crippen LogP contribution is -2.47. The number of anilines is 1. The molecule has 9 heteroatoms. The zero-order chi connectivity index (χ0) is 24.3. The molecule has 0 amide bonds. The van der Waals surface area contributed by atoms with E-state index in [1.54, 1.807) is 19.1 Å². The molecule has 1 unspecified atom stereocenters. The van der Waals surface area contributed by atoms with Gasteiger partial charge in [-0.1, -0.05) is 12.1 Å². The summed E-state index contributed by atoms with van der Waals surface area (Å²) < 4.78 is 31.8. The number of rotatable bonds is 4. The van der Waals surface area contributed by atoms with Gasteiger partial charge in [0.15, 0.2) is 5.82 Å². The smallest absolute Gasteiger partial charge is 0.349 e. The lowest BCUT2D eigenvalue weighted by Gasteiger charge is -2.37. The number of ether oxygens (including phenoxy) is 2. The molecule has 1 saturated heterocycles. The first-order valence-corrected chi connectivity index (χ1v) is 11.6. The topological polar surface area (TPSA) is 97.9 Å². The molecule has 0 bridgehead atoms. The van der Waals surface area contributed by atoms with E-state index < -0.39 is 11.4 Å². The van der Waals surface area contributed by atoms with E-state index in [2.05, 4.69) is 14.9 Å². The van der Waals surface area contributed by atoms with E-state index in [9.17, 15) is 14.3 Å². The molecule has 8 nitrogen and oxygen atoms in total. The van der Waals surface area contributed by atoms with Crippen molar-refractivity contribution in [3.05, 3.63) is 52.1 Å². The van der Waals surface area contributed by atoms with Crippen LogP contribution in [-0.4, -0.2) is 48.0 Å². The van der Waals surface area contributed by atoms with Crippen molar-refractivity contribution in [3.8, 4) is 23.1 Å². The zero-order valence-corrected chi connectivity index (χ0v) is 19.4. The van der Waals surface area contributed by atoms with Gasteiger partial charge in [-0.25, -0.2) is 9.18 Å². The molecule has 2 aliphatic rings. The van der Waals surface area contributed by atoms with Crippen molar-refractivity contribution < 1.29 is 23.4 Å². The Hall–Kier alpha value is -3.72. The second kappa shape index (κ2) is 8.20. The summed E-state index contributed by atoms with van der Waals surface area (Å²) in [5.41, 5.74) is 0.531. The minimum absolute atomic E-state index is 0.0678. The van der Waals surface area contributed by atoms with Crippen LogP contribution in [0.5, 0.6) is 11.8 Å². The fourth-order valence-corrected chi connectivity index (χ4v) is 5.07. The van der Waals surface area contributed by atoms with E-state index in [0.29, 0.717) is 48.0 Å². The number of phenols is 1. The second-order valence-corrected chi connectivity index (χ2v) is 9.11. The van der Waals surface area contributed by atoms with Crippen molar-refractivity contribution in [2.75, 3.05) is 31.8 Å². The highest BCUT2D eigenvalue weighted by molar-refractivity contribution is 6.00. The number of morpholine rings is 1. The van der Waals surface area contributed by atoms with Crippen molar-refractivity contribution >= 4 is 27.5 Å². The predicted molar refractivity (Wildman–Crippen MR) is 129 cm³/mol. The Bertz CT molecular complexity index is 1530. The molecule has 1 atom stereocenters. The van der Waals surface area contributed by atoms with Crippen molar-refractivity contribution in [3.63, 3.8) is 0 Å². The lowest BCUT2D eigenvalue weighted by atomic mass is 9.98. The van der Waals surface area contributed by atoms with Gasteiger partial charge >= 0.3 is 11.6 Å². The molecule has 1 N–H and O–H groups in total. The van der Waals surface area contributed by atoms with Crippen molar-refractivity contribution in [2.24, 2.45) is 5.92 Å². The van der Waals surface area contributed by atoms with E-state index >= 15 is 0 Å². The first-order chi connectivity index (χ1) is 17.0. The van der Waals surface area contributed by atoms with Gasteiger partial charge in [-0.2, -0.15) is 9.97 Å². The highest BCUT2D eigenvalue weighted by Gasteiger charge is 2.39. The predicted octanol–water partition coefficient (Wildman–Crippen LogP) is 4.18. The van der Waals surface area contributed by atoms with Crippen LogP contribution in [0.15, 0.2) is 39.5 Å². The summed E-state index contributed by atoms with van der Waals surface area (Å²) in [6.45, 7) is 3.42. The van der Waals surface area contributed by atoms with Gasteiger partial charge in [0, 0.05) is 23.1 Å². The zero-order valence-electron chi connectivity index (χ0n) is 19.4. The minimum Gasteiger partial charge on any atom is -0.508 e. The number of aryl methyl sites for hydroxylation is 1. The summed E-state index contributed by atoms with van der Waals surface area (Å²) >= 11 is 0. The number of halogens is 1. The number of fused-ring (bicyclic) bond motifs is 2. The van der Waals surface area contributed by atoms with Gasteiger partial charge in [0.25, 0.3) is 0 Å². The fraction of sp³-hybridized carbons (Fsp3) is 0.346. The van der Waals surface area contributed by atoms with Crippen LogP contribution < -0.4 is 15.3 Å². The molecule has 1 saturated carbocycles. The number of nitrogens with zero attached hydrogens (tertiary/aromatic N) is 3. The first-order valence-electron chi connectivity index (χ1n) is 11.6. The van der Waals surface area contributed by atoms with Crippen LogP contribution in [0.25, 0.3) is 33.0 Å². The van der Waals surface area contributed by atoms with Gasteiger partial charge in [0.2, 0.25) is 0 Å². The van der Waals surface area contributed by atoms with Crippen molar-refractivity contribution in [1.82, 2.24) is 9.97 Å². The Morgan fingerprint density at radius 1 is 1.20 bits per heavy atom. The summed E-state index contributed by atoms with van der Waals surface area (Å²) in [5.74, 6) is 0.534. The highest BCUT2D eigenvalue weighted by atomic mass is 19.1. The standard InChI is InChI=1S/C26H24FN3O5/c1-13-22-21(24(29-26(28-22)33-2)30-8-9-34-12-19(30)14-6-7-14)25(32)35-23(13)17-11-16(31)10-15-4-3-5-18(27)20(15)17/h3-5,10-11,14,19,31H,6-9,12H2,1-2H3. The number of phenolic OH excluding ortho intramolecular Hbond substituents is 1. The Morgan fingerprint density at radius 2 is 2.03 bits per heavy atom. The largest absolute Gasteiger partial charge is 0.508 e. The number of aromatic hydroxyl groups is 1. The monoisotopic (exact) mass is 477 g/mol. The molecule has 0 spiro atoms. The summed E-state index contributed by atoms with van der Waals surface area (Å²) in [6.07, 6.45) is 2.22. The molecule has 6 rings (SSSR count). The molecule has 0 radical (unpaired) electrons. The van der Waals surface area contributed by atoms with Crippen LogP contribution >= 0.6 is 0 Å². The molecule has 35 heavy (non-hydrogen) atoms. The van der Waals surface area contributed by atoms with E-state index in [0.717, 1.165) is 12.8 Å². The molecule has 2 fully saturated rings. The normalized spacial score (nSPS) is 18.4. The van der Waals surface area contributed by atoms with E-state index in [4.69, 9.17) is 13.9 Å². The molecule has 2 aromatic carbocycles. The highest BCUT2D eigenvalue weighted by Crippen LogP contribution is 2.41. The number of methoxy groups -OCH3 is 1. The van der Waals surface area contributed by atoms with Crippen molar-refractivity contribution in [1.29, 1.82) is 0 Å². The summed E-state index contributed by atoms with van der Waals surface area (Å²) in [6, 6.07) is 7.68. The van der Waals surface area contributed by atoms with Gasteiger partial charge in [0.05, 0.1) is 31.9 Å². The average molecular weight is 477 g/mol. The van der Waals surface area contributed by atoms with Crippen LogP contribution in [0.4, 0.5) is 10.2 Å². The number of hydrogen-bond acceptors (Lipinski definition) is 8. The van der Waals surface area contributed by atoms with Gasteiger partial charge < -0.3 is 23.9 Å². The summed E-state index contributed by atoms with van der Waals surface area (Å²) in [7, 11) is 1.47. The van der Waals surface area contributed by atoms with Crippen LogP contribution in [-0.2, 0) is 4.74 Å². The SMILES string of the molecule is COc1nc(N2CCOCC2C2CC2)c2c(=O)oc(-c3cc(O)cc4cccc(F)c34)c(C)c2n1. The Balaban J connectivity index is 1.63. The van der Waals surface area contributed by atoms with E-state index in [1.807, 2.05) is 0 Å². The van der Waals surface area contributed by atoms with E-state index in [-0.39, 0.29) is 39.9 Å². The third kappa shape index (κ3) is 3.58. The number of benzene rings is 2. The lowest BCUT2D eigenvalue weighted by molar-refractivity contribution is 0.0875. The van der Waals surface area contributed by atoms with Gasteiger partial charge in [0.1, 0.15) is 22.7 Å². The Kier molecular flexibility index (Phi) is 5.10. The molecule has 1 aliphatic heterocycles. The van der Waals surface area contributed by atoms with E-state index in [1.165, 1.54) is 25.3 Å². The van der Waals surface area contributed by atoms with Crippen molar-refractivity contribution in [2.45, 2.75) is 25.8 Å². The number of aromatic nitrogens is 2.